The quantitative estimate of drug-likeness (QED) is 0.652. The third-order valence-electron chi connectivity index (χ3n) is 4.08. The molecule has 0 atom stereocenters. The first-order chi connectivity index (χ1) is 13.4. The Kier molecular flexibility index (Phi) is 5.89. The van der Waals surface area contributed by atoms with Gasteiger partial charge >= 0.3 is 0 Å². The van der Waals surface area contributed by atoms with Crippen LogP contribution < -0.4 is 5.32 Å². The van der Waals surface area contributed by atoms with Gasteiger partial charge in [0, 0.05) is 18.2 Å². The van der Waals surface area contributed by atoms with Crippen molar-refractivity contribution >= 4 is 15.7 Å². The van der Waals surface area contributed by atoms with Crippen molar-refractivity contribution in [1.82, 2.24) is 10.5 Å². The predicted octanol–water partition coefficient (Wildman–Crippen LogP) is 3.59. The van der Waals surface area contributed by atoms with Crippen LogP contribution in [0.5, 0.6) is 0 Å². The second kappa shape index (κ2) is 8.35. The highest BCUT2D eigenvalue weighted by Gasteiger charge is 2.16. The van der Waals surface area contributed by atoms with Crippen molar-refractivity contribution < 1.29 is 22.1 Å². The summed E-state index contributed by atoms with van der Waals surface area (Å²) in [5, 5.41) is 6.43. The molecule has 0 saturated heterocycles. The van der Waals surface area contributed by atoms with Gasteiger partial charge in [-0.25, -0.2) is 12.8 Å². The largest absolute Gasteiger partial charge is 0.355 e. The van der Waals surface area contributed by atoms with Crippen LogP contribution in [0.1, 0.15) is 29.4 Å². The minimum absolute atomic E-state index is 0.0903. The lowest BCUT2D eigenvalue weighted by molar-refractivity contribution is 0.0942. The number of benzene rings is 2. The molecule has 0 spiro atoms. The summed E-state index contributed by atoms with van der Waals surface area (Å²) in [6, 6.07) is 13.5. The maximum atomic E-state index is 12.9. The first-order valence-corrected chi connectivity index (χ1v) is 10.4. The zero-order chi connectivity index (χ0) is 20.1. The van der Waals surface area contributed by atoms with E-state index >= 15 is 0 Å². The van der Waals surface area contributed by atoms with Gasteiger partial charge in [-0.2, -0.15) is 0 Å². The Hall–Kier alpha value is -3.00. The summed E-state index contributed by atoms with van der Waals surface area (Å²) in [5.74, 6) is -0.329. The molecule has 1 amide bonds. The van der Waals surface area contributed by atoms with Gasteiger partial charge in [0.15, 0.2) is 21.3 Å². The van der Waals surface area contributed by atoms with Crippen LogP contribution in [-0.2, 0) is 16.4 Å². The summed E-state index contributed by atoms with van der Waals surface area (Å²) in [4.78, 5) is 12.4. The molecule has 1 N–H and O–H groups in total. The van der Waals surface area contributed by atoms with Gasteiger partial charge in [0.25, 0.3) is 5.91 Å². The average Bonchev–Trinajstić information content (AvgIpc) is 3.18. The second-order valence-electron chi connectivity index (χ2n) is 6.23. The normalized spacial score (nSPS) is 11.4. The van der Waals surface area contributed by atoms with E-state index in [1.165, 1.54) is 30.3 Å². The molecule has 0 aliphatic rings. The minimum atomic E-state index is -3.29. The summed E-state index contributed by atoms with van der Waals surface area (Å²) < 4.78 is 42.2. The van der Waals surface area contributed by atoms with Gasteiger partial charge in [-0.15, -0.1) is 0 Å². The van der Waals surface area contributed by atoms with Gasteiger partial charge in [0.2, 0.25) is 0 Å². The number of hydrogen-bond acceptors (Lipinski definition) is 5. The van der Waals surface area contributed by atoms with E-state index in [2.05, 4.69) is 10.5 Å². The van der Waals surface area contributed by atoms with E-state index in [0.29, 0.717) is 17.7 Å². The Morgan fingerprint density at radius 1 is 1.11 bits per heavy atom. The monoisotopic (exact) mass is 402 g/mol. The molecule has 2 aromatic carbocycles. The van der Waals surface area contributed by atoms with Crippen molar-refractivity contribution in [3.05, 3.63) is 71.7 Å². The molecular weight excluding hydrogens is 383 g/mol. The lowest BCUT2D eigenvalue weighted by atomic mass is 10.1. The highest BCUT2D eigenvalue weighted by molar-refractivity contribution is 7.91. The Labute approximate surface area is 162 Å². The number of nitrogens with zero attached hydrogens (tertiary/aromatic N) is 1. The van der Waals surface area contributed by atoms with Crippen LogP contribution in [-0.4, -0.2) is 25.2 Å². The van der Waals surface area contributed by atoms with Gasteiger partial charge in [-0.3, -0.25) is 4.79 Å². The predicted molar refractivity (Wildman–Crippen MR) is 102 cm³/mol. The number of nitrogens with one attached hydrogen (secondary N) is 1. The maximum Gasteiger partial charge on any atom is 0.273 e. The molecule has 0 aliphatic carbocycles. The van der Waals surface area contributed by atoms with Gasteiger partial charge in [0.1, 0.15) is 5.82 Å². The lowest BCUT2D eigenvalue weighted by Gasteiger charge is -2.03. The molecule has 1 heterocycles. The highest BCUT2D eigenvalue weighted by Crippen LogP contribution is 2.23. The maximum absolute atomic E-state index is 12.9. The van der Waals surface area contributed by atoms with Crippen molar-refractivity contribution in [1.29, 1.82) is 0 Å². The molecule has 8 heteroatoms. The van der Waals surface area contributed by atoms with Crippen LogP contribution >= 0.6 is 0 Å². The number of aromatic nitrogens is 1. The highest BCUT2D eigenvalue weighted by atomic mass is 32.2. The van der Waals surface area contributed by atoms with E-state index in [0.717, 1.165) is 5.56 Å². The van der Waals surface area contributed by atoms with E-state index in [1.807, 2.05) is 6.92 Å². The van der Waals surface area contributed by atoms with Crippen LogP contribution in [0.2, 0.25) is 0 Å². The minimum Gasteiger partial charge on any atom is -0.355 e. The molecule has 0 fully saturated rings. The Morgan fingerprint density at radius 2 is 1.79 bits per heavy atom. The lowest BCUT2D eigenvalue weighted by Crippen LogP contribution is -2.23. The van der Waals surface area contributed by atoms with E-state index in [9.17, 15) is 17.6 Å². The Balaban J connectivity index is 1.67. The van der Waals surface area contributed by atoms with E-state index in [1.54, 1.807) is 24.3 Å². The van der Waals surface area contributed by atoms with Crippen LogP contribution in [0.25, 0.3) is 11.3 Å². The summed E-state index contributed by atoms with van der Waals surface area (Å²) >= 11 is 0. The van der Waals surface area contributed by atoms with Gasteiger partial charge < -0.3 is 9.84 Å². The zero-order valence-electron chi connectivity index (χ0n) is 15.2. The van der Waals surface area contributed by atoms with Crippen molar-refractivity contribution in [2.75, 3.05) is 5.75 Å². The molecule has 0 aliphatic heterocycles. The molecule has 0 bridgehead atoms. The zero-order valence-corrected chi connectivity index (χ0v) is 16.0. The van der Waals surface area contributed by atoms with Crippen LogP contribution in [0.4, 0.5) is 4.39 Å². The molecular formula is C20H19FN2O4S. The molecule has 3 aromatic rings. The van der Waals surface area contributed by atoms with Gasteiger partial charge in [0.05, 0.1) is 10.6 Å². The SMILES string of the molecule is CCCS(=O)(=O)c1ccc(-c2cc(C(=O)NCc3ccc(F)cc3)no2)cc1. The van der Waals surface area contributed by atoms with Crippen LogP contribution in [0.3, 0.4) is 0 Å². The number of hydrogen-bond donors (Lipinski definition) is 1. The molecule has 6 nitrogen and oxygen atoms in total. The molecule has 3 rings (SSSR count). The third-order valence-corrected chi connectivity index (χ3v) is 6.02. The number of halogens is 1. The van der Waals surface area contributed by atoms with Crippen LogP contribution in [0, 0.1) is 5.82 Å². The smallest absolute Gasteiger partial charge is 0.273 e. The Morgan fingerprint density at radius 3 is 2.43 bits per heavy atom. The summed E-state index contributed by atoms with van der Waals surface area (Å²) in [6.07, 6.45) is 0.544. The average molecular weight is 402 g/mol. The van der Waals surface area contributed by atoms with Crippen molar-refractivity contribution in [3.8, 4) is 11.3 Å². The van der Waals surface area contributed by atoms with E-state index in [-0.39, 0.29) is 28.7 Å². The number of sulfone groups is 1. The number of carbonyl (C=O) groups excluding carboxylic acids is 1. The number of amides is 1. The fourth-order valence-electron chi connectivity index (χ4n) is 2.61. The van der Waals surface area contributed by atoms with Gasteiger partial charge in [-0.1, -0.05) is 24.2 Å². The summed E-state index contributed by atoms with van der Waals surface area (Å²) in [6.45, 7) is 2.04. The summed E-state index contributed by atoms with van der Waals surface area (Å²) in [7, 11) is -3.29. The topological polar surface area (TPSA) is 89.3 Å². The standard InChI is InChI=1S/C20H19FN2O4S/c1-2-11-28(25,26)17-9-5-15(6-10-17)19-12-18(23-27-19)20(24)22-13-14-3-7-16(21)8-4-14/h3-10,12H,2,11,13H2,1H3,(H,22,24). The fraction of sp³-hybridized carbons (Fsp3) is 0.200. The number of rotatable bonds is 7. The molecule has 146 valence electrons. The van der Waals surface area contributed by atoms with Crippen LogP contribution in [0.15, 0.2) is 64.0 Å². The van der Waals surface area contributed by atoms with E-state index < -0.39 is 15.7 Å². The number of carbonyl (C=O) groups is 1. The second-order valence-corrected chi connectivity index (χ2v) is 8.34. The van der Waals surface area contributed by atoms with Gasteiger partial charge in [-0.05, 0) is 48.4 Å². The first-order valence-electron chi connectivity index (χ1n) is 8.71. The Bertz CT molecular complexity index is 1060. The molecule has 1 aromatic heterocycles. The fourth-order valence-corrected chi connectivity index (χ4v) is 3.93. The molecule has 28 heavy (non-hydrogen) atoms. The van der Waals surface area contributed by atoms with E-state index in [4.69, 9.17) is 4.52 Å². The molecule has 0 saturated carbocycles. The third kappa shape index (κ3) is 4.64. The first kappa shape index (κ1) is 19.8. The van der Waals surface area contributed by atoms with Crippen molar-refractivity contribution in [2.45, 2.75) is 24.8 Å². The van der Waals surface area contributed by atoms with Crippen molar-refractivity contribution in [2.24, 2.45) is 0 Å². The van der Waals surface area contributed by atoms with Crippen molar-refractivity contribution in [3.63, 3.8) is 0 Å². The molecule has 0 unspecified atom stereocenters. The summed E-state index contributed by atoms with van der Waals surface area (Å²) in [5.41, 5.74) is 1.46. The molecule has 0 radical (unpaired) electrons.